The SMILES string of the molecule is C/C(C(=O)CC(=O)O)=C1\C(=O)N(CCOc2ccc(F)cc2)CCN1C. The fraction of sp³-hybridized carbons (Fsp3) is 0.389. The number of ketones is 1. The molecule has 2 rings (SSSR count). The summed E-state index contributed by atoms with van der Waals surface area (Å²) >= 11 is 0. The Morgan fingerprint density at radius 2 is 1.88 bits per heavy atom. The first-order valence-corrected chi connectivity index (χ1v) is 8.14. The molecular weight excluding hydrogens is 343 g/mol. The Morgan fingerprint density at radius 1 is 1.23 bits per heavy atom. The van der Waals surface area contributed by atoms with Gasteiger partial charge in [-0.3, -0.25) is 14.4 Å². The van der Waals surface area contributed by atoms with Crippen LogP contribution >= 0.6 is 0 Å². The molecule has 0 unspecified atom stereocenters. The van der Waals surface area contributed by atoms with Crippen molar-refractivity contribution in [3.8, 4) is 5.75 Å². The monoisotopic (exact) mass is 364 g/mol. The summed E-state index contributed by atoms with van der Waals surface area (Å²) < 4.78 is 18.4. The van der Waals surface area contributed by atoms with E-state index < -0.39 is 18.2 Å². The lowest BCUT2D eigenvalue weighted by Crippen LogP contribution is -2.49. The lowest BCUT2D eigenvalue weighted by molar-refractivity contribution is -0.140. The Balaban J connectivity index is 2.02. The summed E-state index contributed by atoms with van der Waals surface area (Å²) in [5.74, 6) is -2.01. The van der Waals surface area contributed by atoms with Crippen molar-refractivity contribution < 1.29 is 28.6 Å². The highest BCUT2D eigenvalue weighted by Crippen LogP contribution is 2.19. The van der Waals surface area contributed by atoms with Gasteiger partial charge in [0.25, 0.3) is 5.91 Å². The van der Waals surface area contributed by atoms with Crippen molar-refractivity contribution in [2.75, 3.05) is 33.3 Å². The number of benzene rings is 1. The number of carboxylic acids is 1. The average molecular weight is 364 g/mol. The quantitative estimate of drug-likeness (QED) is 0.580. The predicted molar refractivity (Wildman–Crippen MR) is 91.1 cm³/mol. The first-order valence-electron chi connectivity index (χ1n) is 8.14. The van der Waals surface area contributed by atoms with Gasteiger partial charge < -0.3 is 19.6 Å². The van der Waals surface area contributed by atoms with Gasteiger partial charge >= 0.3 is 5.97 Å². The predicted octanol–water partition coefficient (Wildman–Crippen LogP) is 1.30. The molecule has 1 amide bonds. The summed E-state index contributed by atoms with van der Waals surface area (Å²) in [5, 5.41) is 8.76. The summed E-state index contributed by atoms with van der Waals surface area (Å²) in [7, 11) is 1.69. The molecule has 140 valence electrons. The van der Waals surface area contributed by atoms with Gasteiger partial charge in [-0.05, 0) is 31.2 Å². The van der Waals surface area contributed by atoms with Gasteiger partial charge in [0.2, 0.25) is 0 Å². The minimum atomic E-state index is -1.23. The Labute approximate surface area is 150 Å². The summed E-state index contributed by atoms with van der Waals surface area (Å²) in [5.41, 5.74) is 0.355. The zero-order valence-electron chi connectivity index (χ0n) is 14.7. The molecule has 26 heavy (non-hydrogen) atoms. The van der Waals surface area contributed by atoms with E-state index in [2.05, 4.69) is 0 Å². The molecule has 1 heterocycles. The molecule has 0 bridgehead atoms. The number of piperazine rings is 1. The number of halogens is 1. The Morgan fingerprint density at radius 3 is 2.50 bits per heavy atom. The molecule has 1 saturated heterocycles. The number of carboxylic acid groups (broad SMARTS) is 1. The van der Waals surface area contributed by atoms with E-state index in [4.69, 9.17) is 9.84 Å². The maximum atomic E-state index is 12.9. The molecule has 0 aromatic heterocycles. The smallest absolute Gasteiger partial charge is 0.311 e. The average Bonchev–Trinajstić information content (AvgIpc) is 2.58. The fourth-order valence-electron chi connectivity index (χ4n) is 2.66. The van der Waals surface area contributed by atoms with E-state index in [1.54, 1.807) is 16.8 Å². The molecule has 8 heteroatoms. The van der Waals surface area contributed by atoms with Crippen molar-refractivity contribution in [3.63, 3.8) is 0 Å². The van der Waals surface area contributed by atoms with Gasteiger partial charge in [-0.15, -0.1) is 0 Å². The molecule has 0 aliphatic carbocycles. The molecule has 1 aliphatic heterocycles. The third kappa shape index (κ3) is 4.81. The Hall–Kier alpha value is -2.90. The maximum absolute atomic E-state index is 12.9. The van der Waals surface area contributed by atoms with E-state index >= 15 is 0 Å². The number of amides is 1. The number of Topliss-reactive ketones (excluding diaryl/α,β-unsaturated/α-hetero) is 1. The molecule has 0 radical (unpaired) electrons. The standard InChI is InChI=1S/C18H21FN2O5/c1-12(15(22)11-16(23)24)17-18(25)21(8-7-20(17)2)9-10-26-14-5-3-13(19)4-6-14/h3-6H,7-11H2,1-2H3,(H,23,24)/b17-12-. The summed E-state index contributed by atoms with van der Waals surface area (Å²) in [6, 6.07) is 5.57. The van der Waals surface area contributed by atoms with E-state index in [1.807, 2.05) is 0 Å². The van der Waals surface area contributed by atoms with Crippen LogP contribution < -0.4 is 4.74 Å². The van der Waals surface area contributed by atoms with Gasteiger partial charge in [0, 0.05) is 25.7 Å². The van der Waals surface area contributed by atoms with Gasteiger partial charge in [0.1, 0.15) is 30.3 Å². The lowest BCUT2D eigenvalue weighted by Gasteiger charge is -2.36. The molecule has 7 nitrogen and oxygen atoms in total. The third-order valence-electron chi connectivity index (χ3n) is 4.11. The van der Waals surface area contributed by atoms with Crippen molar-refractivity contribution in [1.29, 1.82) is 0 Å². The number of hydrogen-bond donors (Lipinski definition) is 1. The van der Waals surface area contributed by atoms with E-state index in [9.17, 15) is 18.8 Å². The second kappa shape index (κ2) is 8.46. The van der Waals surface area contributed by atoms with Crippen LogP contribution in [0.25, 0.3) is 0 Å². The molecule has 1 aromatic carbocycles. The van der Waals surface area contributed by atoms with Crippen LogP contribution in [-0.2, 0) is 14.4 Å². The number of rotatable bonds is 7. The number of ether oxygens (including phenoxy) is 1. The highest BCUT2D eigenvalue weighted by atomic mass is 19.1. The van der Waals surface area contributed by atoms with E-state index in [-0.39, 0.29) is 29.6 Å². The van der Waals surface area contributed by atoms with E-state index in [0.29, 0.717) is 25.4 Å². The Kier molecular flexibility index (Phi) is 6.32. The van der Waals surface area contributed by atoms with Gasteiger partial charge in [-0.25, -0.2) is 4.39 Å². The molecule has 0 atom stereocenters. The van der Waals surface area contributed by atoms with Crippen molar-refractivity contribution in [2.45, 2.75) is 13.3 Å². The van der Waals surface area contributed by atoms with Gasteiger partial charge in [0.15, 0.2) is 5.78 Å². The number of allylic oxidation sites excluding steroid dienone is 1. The zero-order chi connectivity index (χ0) is 19.3. The fourth-order valence-corrected chi connectivity index (χ4v) is 2.66. The van der Waals surface area contributed by atoms with Crippen LogP contribution in [0.15, 0.2) is 35.5 Å². The number of hydrogen-bond acceptors (Lipinski definition) is 5. The Bertz CT molecular complexity index is 730. The molecule has 0 spiro atoms. The van der Waals surface area contributed by atoms with Crippen LogP contribution in [-0.4, -0.2) is 65.9 Å². The van der Waals surface area contributed by atoms with Crippen molar-refractivity contribution >= 4 is 17.7 Å². The van der Waals surface area contributed by atoms with E-state index in [0.717, 1.165) is 0 Å². The van der Waals surface area contributed by atoms with Crippen molar-refractivity contribution in [3.05, 3.63) is 41.4 Å². The molecular formula is C18H21FN2O5. The second-order valence-corrected chi connectivity index (χ2v) is 5.98. The molecule has 1 N–H and O–H groups in total. The largest absolute Gasteiger partial charge is 0.492 e. The van der Waals surface area contributed by atoms with Gasteiger partial charge in [-0.2, -0.15) is 0 Å². The lowest BCUT2D eigenvalue weighted by atomic mass is 10.0. The first-order chi connectivity index (χ1) is 12.3. The summed E-state index contributed by atoms with van der Waals surface area (Å²) in [4.78, 5) is 38.6. The molecule has 0 saturated carbocycles. The van der Waals surface area contributed by atoms with Crippen LogP contribution in [0.1, 0.15) is 13.3 Å². The number of nitrogens with zero attached hydrogens (tertiary/aromatic N) is 2. The summed E-state index contributed by atoms with van der Waals surface area (Å²) in [6.45, 7) is 2.97. The van der Waals surface area contributed by atoms with Crippen molar-refractivity contribution in [2.24, 2.45) is 0 Å². The molecule has 1 aliphatic rings. The molecule has 1 aromatic rings. The number of likely N-dealkylation sites (N-methyl/N-ethyl adjacent to an activating group) is 1. The van der Waals surface area contributed by atoms with E-state index in [1.165, 1.54) is 31.2 Å². The third-order valence-corrected chi connectivity index (χ3v) is 4.11. The van der Waals surface area contributed by atoms with Crippen molar-refractivity contribution in [1.82, 2.24) is 9.80 Å². The summed E-state index contributed by atoms with van der Waals surface area (Å²) in [6.07, 6.45) is -0.649. The highest BCUT2D eigenvalue weighted by Gasteiger charge is 2.30. The number of aliphatic carboxylic acids is 1. The zero-order valence-corrected chi connectivity index (χ0v) is 14.7. The maximum Gasteiger partial charge on any atom is 0.311 e. The second-order valence-electron chi connectivity index (χ2n) is 5.98. The van der Waals surface area contributed by atoms with Crippen LogP contribution in [0.2, 0.25) is 0 Å². The first kappa shape index (κ1) is 19.4. The number of carbonyl (C=O) groups is 3. The topological polar surface area (TPSA) is 87.1 Å². The normalized spacial score (nSPS) is 16.5. The van der Waals surface area contributed by atoms with Crippen LogP contribution in [0.5, 0.6) is 5.75 Å². The molecule has 1 fully saturated rings. The minimum absolute atomic E-state index is 0.143. The van der Waals surface area contributed by atoms with Gasteiger partial charge in [-0.1, -0.05) is 0 Å². The van der Waals surface area contributed by atoms with Crippen LogP contribution in [0, 0.1) is 5.82 Å². The van der Waals surface area contributed by atoms with Crippen LogP contribution in [0.3, 0.4) is 0 Å². The highest BCUT2D eigenvalue weighted by molar-refractivity contribution is 6.10. The van der Waals surface area contributed by atoms with Gasteiger partial charge in [0.05, 0.1) is 6.54 Å². The number of carbonyl (C=O) groups excluding carboxylic acids is 2. The minimum Gasteiger partial charge on any atom is -0.492 e. The van der Waals surface area contributed by atoms with Crippen LogP contribution in [0.4, 0.5) is 4.39 Å².